The molecule has 0 bridgehead atoms. The Hall–Kier alpha value is -1.95. The van der Waals surface area contributed by atoms with Crippen molar-refractivity contribution in [3.05, 3.63) is 35.9 Å². The van der Waals surface area contributed by atoms with Crippen LogP contribution in [0.5, 0.6) is 0 Å². The fourth-order valence-corrected chi connectivity index (χ4v) is 2.31. The minimum atomic E-state index is 0.482. The van der Waals surface area contributed by atoms with Crippen LogP contribution in [0, 0.1) is 0 Å². The lowest BCUT2D eigenvalue weighted by atomic mass is 10.2. The molecule has 1 atom stereocenters. The lowest BCUT2D eigenvalue weighted by molar-refractivity contribution is 0.480. The van der Waals surface area contributed by atoms with E-state index in [-0.39, 0.29) is 0 Å². The van der Waals surface area contributed by atoms with Crippen LogP contribution in [0.1, 0.15) is 18.3 Å². The van der Waals surface area contributed by atoms with Crippen molar-refractivity contribution in [1.82, 2.24) is 25.5 Å². The highest BCUT2D eigenvalue weighted by Gasteiger charge is 2.19. The molecule has 2 aromatic heterocycles. The molecule has 6 nitrogen and oxygen atoms in total. The highest BCUT2D eigenvalue weighted by Crippen LogP contribution is 2.12. The molecule has 1 saturated heterocycles. The summed E-state index contributed by atoms with van der Waals surface area (Å²) in [6.45, 7) is 5.07. The molecule has 0 spiro atoms. The second kappa shape index (κ2) is 5.36. The van der Waals surface area contributed by atoms with Gasteiger partial charge in [-0.1, -0.05) is 0 Å². The van der Waals surface area contributed by atoms with Crippen molar-refractivity contribution < 1.29 is 0 Å². The summed E-state index contributed by atoms with van der Waals surface area (Å²) in [6, 6.07) is 4.47. The molecule has 19 heavy (non-hydrogen) atoms. The Labute approximate surface area is 112 Å². The van der Waals surface area contributed by atoms with Gasteiger partial charge < -0.3 is 10.2 Å². The quantitative estimate of drug-likeness (QED) is 0.843. The van der Waals surface area contributed by atoms with Crippen LogP contribution in [0.25, 0.3) is 0 Å². The van der Waals surface area contributed by atoms with Gasteiger partial charge in [0.1, 0.15) is 5.82 Å². The number of rotatable bonds is 3. The van der Waals surface area contributed by atoms with Crippen molar-refractivity contribution in [2.75, 3.05) is 24.5 Å². The summed E-state index contributed by atoms with van der Waals surface area (Å²) in [5.41, 5.74) is 1.19. The Kier molecular flexibility index (Phi) is 3.41. The van der Waals surface area contributed by atoms with E-state index >= 15 is 0 Å². The molecule has 3 heterocycles. The maximum absolute atomic E-state index is 4.57. The molecule has 1 aliphatic rings. The van der Waals surface area contributed by atoms with Gasteiger partial charge in [0.2, 0.25) is 5.95 Å². The van der Waals surface area contributed by atoms with Gasteiger partial charge in [0.05, 0.1) is 0 Å². The van der Waals surface area contributed by atoms with Crippen LogP contribution in [0.15, 0.2) is 24.5 Å². The number of H-pyrrole nitrogens is 1. The summed E-state index contributed by atoms with van der Waals surface area (Å²) in [4.78, 5) is 10.8. The average molecular weight is 258 g/mol. The molecule has 0 unspecified atom stereocenters. The minimum absolute atomic E-state index is 0.482. The number of pyridine rings is 1. The molecule has 6 heteroatoms. The van der Waals surface area contributed by atoms with Crippen molar-refractivity contribution >= 4 is 5.95 Å². The first-order valence-electron chi connectivity index (χ1n) is 6.60. The Morgan fingerprint density at radius 2 is 2.21 bits per heavy atom. The van der Waals surface area contributed by atoms with E-state index in [1.54, 1.807) is 12.4 Å². The van der Waals surface area contributed by atoms with E-state index in [4.69, 9.17) is 0 Å². The van der Waals surface area contributed by atoms with Crippen LogP contribution < -0.4 is 10.2 Å². The third-order valence-electron chi connectivity index (χ3n) is 3.29. The van der Waals surface area contributed by atoms with Crippen LogP contribution in [-0.4, -0.2) is 45.8 Å². The molecule has 0 saturated carbocycles. The smallest absolute Gasteiger partial charge is 0.244 e. The van der Waals surface area contributed by atoms with Gasteiger partial charge in [-0.2, -0.15) is 4.98 Å². The van der Waals surface area contributed by atoms with Crippen LogP contribution in [-0.2, 0) is 6.42 Å². The van der Waals surface area contributed by atoms with Crippen molar-refractivity contribution in [2.45, 2.75) is 19.4 Å². The third kappa shape index (κ3) is 2.90. The summed E-state index contributed by atoms with van der Waals surface area (Å²) in [5, 5.41) is 10.8. The summed E-state index contributed by atoms with van der Waals surface area (Å²) >= 11 is 0. The molecule has 2 N–H and O–H groups in total. The molecule has 0 amide bonds. The second-order valence-corrected chi connectivity index (χ2v) is 4.92. The highest BCUT2D eigenvalue weighted by atomic mass is 15.4. The van der Waals surface area contributed by atoms with E-state index in [0.717, 1.165) is 37.8 Å². The Balaban J connectivity index is 1.69. The van der Waals surface area contributed by atoms with Crippen molar-refractivity contribution in [1.29, 1.82) is 0 Å². The number of anilines is 1. The SMILES string of the molecule is C[C@H]1CN(c2n[nH]c(Cc3ccncc3)n2)CCN1. The molecule has 0 radical (unpaired) electrons. The van der Waals surface area contributed by atoms with Gasteiger partial charge in [0, 0.05) is 44.5 Å². The standard InChI is InChI=1S/C13H18N6/c1-10-9-19(7-6-15-10)13-16-12(17-18-13)8-11-2-4-14-5-3-11/h2-5,10,15H,6-9H2,1H3,(H,16,17,18)/t10-/m0/s1. The maximum atomic E-state index is 4.57. The number of nitrogens with zero attached hydrogens (tertiary/aromatic N) is 4. The van der Waals surface area contributed by atoms with Crippen molar-refractivity contribution in [2.24, 2.45) is 0 Å². The first-order valence-corrected chi connectivity index (χ1v) is 6.60. The molecule has 100 valence electrons. The van der Waals surface area contributed by atoms with Crippen LogP contribution in [0.3, 0.4) is 0 Å². The molecule has 1 fully saturated rings. The van der Waals surface area contributed by atoms with Crippen molar-refractivity contribution in [3.63, 3.8) is 0 Å². The molecule has 0 aliphatic carbocycles. The first kappa shape index (κ1) is 12.1. The first-order chi connectivity index (χ1) is 9.31. The normalized spacial score (nSPS) is 19.6. The molecular weight excluding hydrogens is 240 g/mol. The van der Waals surface area contributed by atoms with Gasteiger partial charge in [-0.05, 0) is 24.6 Å². The largest absolute Gasteiger partial charge is 0.337 e. The Morgan fingerprint density at radius 1 is 1.37 bits per heavy atom. The predicted molar refractivity (Wildman–Crippen MR) is 73.1 cm³/mol. The van der Waals surface area contributed by atoms with Gasteiger partial charge in [0.25, 0.3) is 0 Å². The number of hydrogen-bond acceptors (Lipinski definition) is 5. The summed E-state index contributed by atoms with van der Waals surface area (Å²) < 4.78 is 0. The van der Waals surface area contributed by atoms with E-state index in [2.05, 4.69) is 37.3 Å². The highest BCUT2D eigenvalue weighted by molar-refractivity contribution is 5.31. The zero-order valence-corrected chi connectivity index (χ0v) is 11.0. The van der Waals surface area contributed by atoms with E-state index in [1.807, 2.05) is 12.1 Å². The number of nitrogens with one attached hydrogen (secondary N) is 2. The van der Waals surface area contributed by atoms with Crippen molar-refractivity contribution in [3.8, 4) is 0 Å². The van der Waals surface area contributed by atoms with Crippen LogP contribution >= 0.6 is 0 Å². The van der Waals surface area contributed by atoms with Gasteiger partial charge in [-0.25, -0.2) is 0 Å². The predicted octanol–water partition coefficient (Wildman–Crippen LogP) is 0.589. The molecule has 0 aromatic carbocycles. The Morgan fingerprint density at radius 3 is 3.00 bits per heavy atom. The molecule has 1 aliphatic heterocycles. The van der Waals surface area contributed by atoms with Crippen LogP contribution in [0.4, 0.5) is 5.95 Å². The number of aromatic nitrogens is 4. The van der Waals surface area contributed by atoms with Gasteiger partial charge in [0.15, 0.2) is 0 Å². The molecule has 2 aromatic rings. The van der Waals surface area contributed by atoms with E-state index in [0.29, 0.717) is 6.04 Å². The zero-order valence-electron chi connectivity index (χ0n) is 11.0. The number of piperazine rings is 1. The third-order valence-corrected chi connectivity index (χ3v) is 3.29. The summed E-state index contributed by atoms with van der Waals surface area (Å²) in [7, 11) is 0. The van der Waals surface area contributed by atoms with E-state index in [9.17, 15) is 0 Å². The topological polar surface area (TPSA) is 69.7 Å². The van der Waals surface area contributed by atoms with Gasteiger partial charge >= 0.3 is 0 Å². The fourth-order valence-electron chi connectivity index (χ4n) is 2.31. The number of aromatic amines is 1. The minimum Gasteiger partial charge on any atom is -0.337 e. The Bertz CT molecular complexity index is 523. The fraction of sp³-hybridized carbons (Fsp3) is 0.462. The van der Waals surface area contributed by atoms with Gasteiger partial charge in [-0.15, -0.1) is 5.10 Å². The lowest BCUT2D eigenvalue weighted by Gasteiger charge is -2.30. The van der Waals surface area contributed by atoms with Crippen LogP contribution in [0.2, 0.25) is 0 Å². The van der Waals surface area contributed by atoms with E-state index in [1.165, 1.54) is 5.56 Å². The second-order valence-electron chi connectivity index (χ2n) is 4.92. The molecule has 3 rings (SSSR count). The van der Waals surface area contributed by atoms with E-state index < -0.39 is 0 Å². The zero-order chi connectivity index (χ0) is 13.1. The van der Waals surface area contributed by atoms with Gasteiger partial charge in [-0.3, -0.25) is 10.1 Å². The average Bonchev–Trinajstić information content (AvgIpc) is 2.88. The maximum Gasteiger partial charge on any atom is 0.244 e. The number of hydrogen-bond donors (Lipinski definition) is 2. The molecular formula is C13H18N6. The summed E-state index contributed by atoms with van der Waals surface area (Å²) in [5.74, 6) is 1.70. The lowest BCUT2D eigenvalue weighted by Crippen LogP contribution is -2.49. The monoisotopic (exact) mass is 258 g/mol. The summed E-state index contributed by atoms with van der Waals surface area (Å²) in [6.07, 6.45) is 4.35.